The largest absolute Gasteiger partial charge is 0.371 e. The minimum absolute atomic E-state index is 0.00384. The first-order chi connectivity index (χ1) is 12.1. The molecule has 2 heterocycles. The van der Waals surface area contributed by atoms with E-state index in [0.29, 0.717) is 12.0 Å². The summed E-state index contributed by atoms with van der Waals surface area (Å²) in [5, 5.41) is 6.22. The van der Waals surface area contributed by atoms with Gasteiger partial charge in [0.1, 0.15) is 0 Å². The summed E-state index contributed by atoms with van der Waals surface area (Å²) < 4.78 is 1.11. The number of nitrogens with one attached hydrogen (secondary N) is 2. The van der Waals surface area contributed by atoms with E-state index in [1.165, 1.54) is 5.69 Å². The predicted octanol–water partition coefficient (Wildman–Crippen LogP) is 3.06. The number of amides is 2. The van der Waals surface area contributed by atoms with Crippen molar-refractivity contribution in [3.8, 4) is 0 Å². The van der Waals surface area contributed by atoms with Crippen LogP contribution in [0.5, 0.6) is 0 Å². The van der Waals surface area contributed by atoms with E-state index in [0.717, 1.165) is 63.0 Å². The van der Waals surface area contributed by atoms with Crippen LogP contribution in [0.3, 0.4) is 0 Å². The van der Waals surface area contributed by atoms with Gasteiger partial charge in [-0.2, -0.15) is 0 Å². The summed E-state index contributed by atoms with van der Waals surface area (Å²) in [6.07, 6.45) is 3.24. The third-order valence-corrected chi connectivity index (χ3v) is 5.87. The highest BCUT2D eigenvalue weighted by atomic mass is 79.9. The number of nitrogens with zero attached hydrogens (tertiary/aromatic N) is 2. The molecule has 0 radical (unpaired) electrons. The van der Waals surface area contributed by atoms with E-state index in [1.807, 2.05) is 6.07 Å². The van der Waals surface area contributed by atoms with Crippen LogP contribution in [0.15, 0.2) is 28.7 Å². The van der Waals surface area contributed by atoms with Crippen LogP contribution >= 0.6 is 15.9 Å². The molecule has 0 spiro atoms. The molecule has 0 aliphatic carbocycles. The number of carbonyl (C=O) groups is 1. The molecule has 0 bridgehead atoms. The van der Waals surface area contributed by atoms with Crippen molar-refractivity contribution in [3.05, 3.63) is 28.7 Å². The van der Waals surface area contributed by atoms with Gasteiger partial charge in [0.25, 0.3) is 0 Å². The zero-order valence-electron chi connectivity index (χ0n) is 15.0. The molecular formula is C19H29BrN4O. The fourth-order valence-corrected chi connectivity index (χ4v) is 4.16. The predicted molar refractivity (Wildman–Crippen MR) is 106 cm³/mol. The topological polar surface area (TPSA) is 47.6 Å². The molecule has 25 heavy (non-hydrogen) atoms. The Morgan fingerprint density at radius 1 is 1.24 bits per heavy atom. The minimum Gasteiger partial charge on any atom is -0.371 e. The lowest BCUT2D eigenvalue weighted by molar-refractivity contribution is 0.198. The molecule has 0 saturated carbocycles. The summed E-state index contributed by atoms with van der Waals surface area (Å²) in [6, 6.07) is 8.75. The Bertz CT molecular complexity index is 574. The van der Waals surface area contributed by atoms with Crippen molar-refractivity contribution >= 4 is 27.6 Å². The zero-order chi connectivity index (χ0) is 17.6. The average molecular weight is 409 g/mol. The Morgan fingerprint density at radius 2 is 2.04 bits per heavy atom. The number of hydrogen-bond acceptors (Lipinski definition) is 3. The number of hydrogen-bond donors (Lipinski definition) is 2. The van der Waals surface area contributed by atoms with Crippen LogP contribution in [0.4, 0.5) is 10.5 Å². The van der Waals surface area contributed by atoms with E-state index in [4.69, 9.17) is 0 Å². The van der Waals surface area contributed by atoms with Crippen molar-refractivity contribution in [2.45, 2.75) is 32.2 Å². The number of carbonyl (C=O) groups excluding carboxylic acids is 1. The Balaban J connectivity index is 1.37. The highest BCUT2D eigenvalue weighted by molar-refractivity contribution is 9.10. The monoisotopic (exact) mass is 408 g/mol. The van der Waals surface area contributed by atoms with Crippen molar-refractivity contribution in [2.24, 2.45) is 5.92 Å². The first kappa shape index (κ1) is 18.5. The van der Waals surface area contributed by atoms with E-state index >= 15 is 0 Å². The molecule has 138 valence electrons. The summed E-state index contributed by atoms with van der Waals surface area (Å²) in [5.74, 6) is 0.520. The average Bonchev–Trinajstić information content (AvgIpc) is 3.10. The number of urea groups is 1. The van der Waals surface area contributed by atoms with E-state index in [1.54, 1.807) is 0 Å². The lowest BCUT2D eigenvalue weighted by Gasteiger charge is -2.31. The van der Waals surface area contributed by atoms with Crippen molar-refractivity contribution in [1.29, 1.82) is 0 Å². The van der Waals surface area contributed by atoms with Gasteiger partial charge in [0.15, 0.2) is 0 Å². The van der Waals surface area contributed by atoms with Gasteiger partial charge >= 0.3 is 6.03 Å². The Labute approximate surface area is 159 Å². The SMILES string of the molecule is CCN1CCC(NC(=O)NC[C@@H]2CCN(c3cccc(Br)c3)C2)CC1. The van der Waals surface area contributed by atoms with Gasteiger partial charge < -0.3 is 20.4 Å². The van der Waals surface area contributed by atoms with Crippen molar-refractivity contribution in [3.63, 3.8) is 0 Å². The first-order valence-corrected chi connectivity index (χ1v) is 10.2. The van der Waals surface area contributed by atoms with E-state index in [2.05, 4.69) is 61.5 Å². The molecule has 0 aromatic heterocycles. The van der Waals surface area contributed by atoms with Crippen molar-refractivity contribution in [1.82, 2.24) is 15.5 Å². The van der Waals surface area contributed by atoms with Crippen LogP contribution in [0.2, 0.25) is 0 Å². The second kappa shape index (κ2) is 8.90. The number of benzene rings is 1. The lowest BCUT2D eigenvalue weighted by atomic mass is 10.1. The van der Waals surface area contributed by atoms with Crippen LogP contribution in [0.1, 0.15) is 26.2 Å². The molecule has 2 amide bonds. The number of halogens is 1. The molecule has 6 heteroatoms. The molecular weight excluding hydrogens is 380 g/mol. The van der Waals surface area contributed by atoms with E-state index < -0.39 is 0 Å². The third kappa shape index (κ3) is 5.35. The maximum atomic E-state index is 12.2. The Morgan fingerprint density at radius 3 is 2.76 bits per heavy atom. The lowest BCUT2D eigenvalue weighted by Crippen LogP contribution is -2.48. The van der Waals surface area contributed by atoms with Crippen molar-refractivity contribution in [2.75, 3.05) is 44.2 Å². The second-order valence-electron chi connectivity index (χ2n) is 7.14. The zero-order valence-corrected chi connectivity index (χ0v) is 16.6. The van der Waals surface area contributed by atoms with E-state index in [-0.39, 0.29) is 6.03 Å². The Kier molecular flexibility index (Phi) is 6.59. The van der Waals surface area contributed by atoms with Crippen LogP contribution in [0.25, 0.3) is 0 Å². The van der Waals surface area contributed by atoms with Crippen LogP contribution in [-0.4, -0.2) is 56.2 Å². The van der Waals surface area contributed by atoms with Crippen LogP contribution in [-0.2, 0) is 0 Å². The fraction of sp³-hybridized carbons (Fsp3) is 0.632. The molecule has 2 aliphatic heterocycles. The standard InChI is InChI=1S/C19H29BrN4O/c1-2-23-9-7-17(8-10-23)22-19(25)21-13-15-6-11-24(14-15)18-5-3-4-16(20)12-18/h3-5,12,15,17H,2,6-11,13-14H2,1H3,(H2,21,22,25)/t15-/m0/s1. The van der Waals surface area contributed by atoms with Gasteiger partial charge in [0.05, 0.1) is 0 Å². The molecule has 1 aromatic rings. The first-order valence-electron chi connectivity index (χ1n) is 9.41. The van der Waals surface area contributed by atoms with Gasteiger partial charge in [0.2, 0.25) is 0 Å². The highest BCUT2D eigenvalue weighted by Crippen LogP contribution is 2.25. The normalized spacial score (nSPS) is 22.2. The summed E-state index contributed by atoms with van der Waals surface area (Å²) >= 11 is 3.53. The van der Waals surface area contributed by atoms with Gasteiger partial charge in [-0.15, -0.1) is 0 Å². The molecule has 5 nitrogen and oxygen atoms in total. The van der Waals surface area contributed by atoms with Crippen LogP contribution in [0, 0.1) is 5.92 Å². The highest BCUT2D eigenvalue weighted by Gasteiger charge is 2.24. The van der Waals surface area contributed by atoms with Gasteiger partial charge in [-0.3, -0.25) is 0 Å². The van der Waals surface area contributed by atoms with Gasteiger partial charge in [-0.1, -0.05) is 28.9 Å². The van der Waals surface area contributed by atoms with Gasteiger partial charge in [0, 0.05) is 48.9 Å². The number of anilines is 1. The number of piperidine rings is 1. The Hall–Kier alpha value is -1.27. The quantitative estimate of drug-likeness (QED) is 0.786. The summed E-state index contributed by atoms with van der Waals surface area (Å²) in [5.41, 5.74) is 1.25. The third-order valence-electron chi connectivity index (χ3n) is 5.38. The molecule has 2 N–H and O–H groups in total. The minimum atomic E-state index is -0.00384. The molecule has 3 rings (SSSR count). The number of likely N-dealkylation sites (tertiary alicyclic amines) is 1. The molecule has 2 aliphatic rings. The molecule has 1 aromatic carbocycles. The van der Waals surface area contributed by atoms with Crippen molar-refractivity contribution < 1.29 is 4.79 Å². The number of rotatable bonds is 5. The molecule has 2 saturated heterocycles. The molecule has 0 unspecified atom stereocenters. The summed E-state index contributed by atoms with van der Waals surface area (Å²) in [4.78, 5) is 17.0. The van der Waals surface area contributed by atoms with E-state index in [9.17, 15) is 4.79 Å². The van der Waals surface area contributed by atoms with Gasteiger partial charge in [-0.05, 0) is 49.9 Å². The van der Waals surface area contributed by atoms with Gasteiger partial charge in [-0.25, -0.2) is 4.79 Å². The smallest absolute Gasteiger partial charge is 0.315 e. The second-order valence-corrected chi connectivity index (χ2v) is 8.06. The molecule has 1 atom stereocenters. The summed E-state index contributed by atoms with van der Waals surface area (Å²) in [7, 11) is 0. The maximum absolute atomic E-state index is 12.2. The maximum Gasteiger partial charge on any atom is 0.315 e. The molecule has 2 fully saturated rings. The fourth-order valence-electron chi connectivity index (χ4n) is 3.77. The summed E-state index contributed by atoms with van der Waals surface area (Å²) in [6.45, 7) is 8.29. The van der Waals surface area contributed by atoms with Crippen LogP contribution < -0.4 is 15.5 Å².